The smallest absolute Gasteiger partial charge is 0.244 e. The van der Waals surface area contributed by atoms with Gasteiger partial charge in [-0.05, 0) is 43.5 Å². The molecule has 0 aliphatic rings. The summed E-state index contributed by atoms with van der Waals surface area (Å²) < 4.78 is 5.60. The molecule has 0 radical (unpaired) electrons. The van der Waals surface area contributed by atoms with Gasteiger partial charge in [0.15, 0.2) is 0 Å². The van der Waals surface area contributed by atoms with Crippen LogP contribution in [0.25, 0.3) is 6.08 Å². The highest BCUT2D eigenvalue weighted by Crippen LogP contribution is 2.23. The Morgan fingerprint density at radius 2 is 2.19 bits per heavy atom. The maximum Gasteiger partial charge on any atom is 0.244 e. The zero-order valence-electron chi connectivity index (χ0n) is 13.2. The quantitative estimate of drug-likeness (QED) is 0.438. The van der Waals surface area contributed by atoms with E-state index in [0.29, 0.717) is 18.0 Å². The molecule has 1 aromatic carbocycles. The first-order chi connectivity index (χ1) is 10.1. The lowest BCUT2D eigenvalue weighted by Crippen LogP contribution is -2.30. The van der Waals surface area contributed by atoms with E-state index in [4.69, 9.17) is 10.5 Å². The van der Waals surface area contributed by atoms with Crippen molar-refractivity contribution in [3.63, 3.8) is 0 Å². The summed E-state index contributed by atoms with van der Waals surface area (Å²) in [6, 6.07) is 5.73. The van der Waals surface area contributed by atoms with Gasteiger partial charge in [0.25, 0.3) is 0 Å². The van der Waals surface area contributed by atoms with Crippen molar-refractivity contribution in [2.24, 2.45) is 0 Å². The van der Waals surface area contributed by atoms with Gasteiger partial charge in [-0.2, -0.15) is 0 Å². The van der Waals surface area contributed by atoms with E-state index in [9.17, 15) is 4.79 Å². The second-order valence-electron chi connectivity index (χ2n) is 5.15. The number of hydrogen-bond acceptors (Lipinski definition) is 3. The molecule has 0 aromatic heterocycles. The van der Waals surface area contributed by atoms with Gasteiger partial charge < -0.3 is 15.8 Å². The van der Waals surface area contributed by atoms with Gasteiger partial charge in [0.2, 0.25) is 5.91 Å². The number of hydrogen-bond donors (Lipinski definition) is 2. The molecule has 1 rings (SSSR count). The molecule has 1 unspecified atom stereocenters. The van der Waals surface area contributed by atoms with Crippen molar-refractivity contribution < 1.29 is 9.53 Å². The molecule has 0 spiro atoms. The van der Waals surface area contributed by atoms with E-state index in [0.717, 1.165) is 24.8 Å². The number of carbonyl (C=O) groups excluding carboxylic acids is 1. The van der Waals surface area contributed by atoms with Gasteiger partial charge in [-0.3, -0.25) is 4.79 Å². The van der Waals surface area contributed by atoms with Crippen LogP contribution in [-0.4, -0.2) is 18.6 Å². The van der Waals surface area contributed by atoms with Crippen LogP contribution in [0.1, 0.15) is 45.6 Å². The number of benzene rings is 1. The lowest BCUT2D eigenvalue weighted by molar-refractivity contribution is -0.117. The van der Waals surface area contributed by atoms with Crippen molar-refractivity contribution >= 4 is 17.7 Å². The van der Waals surface area contributed by atoms with Crippen LogP contribution >= 0.6 is 0 Å². The molecule has 21 heavy (non-hydrogen) atoms. The summed E-state index contributed by atoms with van der Waals surface area (Å²) in [5, 5.41) is 2.88. The predicted molar refractivity (Wildman–Crippen MR) is 88.2 cm³/mol. The Morgan fingerprint density at radius 1 is 1.43 bits per heavy atom. The maximum atomic E-state index is 11.7. The van der Waals surface area contributed by atoms with Crippen LogP contribution < -0.4 is 15.8 Å². The average Bonchev–Trinajstić information content (AvgIpc) is 2.47. The first-order valence-electron chi connectivity index (χ1n) is 7.57. The van der Waals surface area contributed by atoms with E-state index in [2.05, 4.69) is 12.2 Å². The van der Waals surface area contributed by atoms with E-state index >= 15 is 0 Å². The first-order valence-corrected chi connectivity index (χ1v) is 7.57. The standard InChI is InChI=1S/C17H26N2O2/c1-4-6-11-21-16-9-7-14(12-15(16)18)8-10-17(20)19-13(3)5-2/h7-10,12-13H,4-6,11,18H2,1-3H3,(H,19,20)/b10-8-. The highest BCUT2D eigenvalue weighted by molar-refractivity contribution is 5.92. The predicted octanol–water partition coefficient (Wildman–Crippen LogP) is 3.38. The van der Waals surface area contributed by atoms with Gasteiger partial charge in [-0.15, -0.1) is 0 Å². The Balaban J connectivity index is 2.60. The van der Waals surface area contributed by atoms with Crippen LogP contribution in [-0.2, 0) is 4.79 Å². The van der Waals surface area contributed by atoms with Gasteiger partial charge in [0, 0.05) is 12.1 Å². The number of amides is 1. The van der Waals surface area contributed by atoms with Crippen molar-refractivity contribution in [3.8, 4) is 5.75 Å². The summed E-state index contributed by atoms with van der Waals surface area (Å²) in [6.45, 7) is 6.80. The largest absolute Gasteiger partial charge is 0.491 e. The van der Waals surface area contributed by atoms with E-state index in [-0.39, 0.29) is 11.9 Å². The molecule has 0 aliphatic heterocycles. The van der Waals surface area contributed by atoms with Crippen LogP contribution in [0.4, 0.5) is 5.69 Å². The fourth-order valence-electron chi connectivity index (χ4n) is 1.69. The van der Waals surface area contributed by atoms with Crippen LogP contribution in [0, 0.1) is 0 Å². The Hall–Kier alpha value is -1.97. The summed E-state index contributed by atoms with van der Waals surface area (Å²) in [4.78, 5) is 11.7. The minimum Gasteiger partial charge on any atom is -0.491 e. The normalized spacial score (nSPS) is 12.3. The summed E-state index contributed by atoms with van der Waals surface area (Å²) in [5.74, 6) is 0.607. The second-order valence-corrected chi connectivity index (χ2v) is 5.15. The third-order valence-electron chi connectivity index (χ3n) is 3.22. The Labute approximate surface area is 127 Å². The summed E-state index contributed by atoms with van der Waals surface area (Å²) in [7, 11) is 0. The number of nitrogens with one attached hydrogen (secondary N) is 1. The highest BCUT2D eigenvalue weighted by Gasteiger charge is 2.03. The van der Waals surface area contributed by atoms with E-state index in [1.807, 2.05) is 32.0 Å². The van der Waals surface area contributed by atoms with Crippen LogP contribution in [0.15, 0.2) is 24.3 Å². The van der Waals surface area contributed by atoms with Gasteiger partial charge in [0.05, 0.1) is 12.3 Å². The number of carbonyl (C=O) groups is 1. The Bertz CT molecular complexity index is 484. The third kappa shape index (κ3) is 6.34. The number of ether oxygens (including phenoxy) is 1. The van der Waals surface area contributed by atoms with Crippen LogP contribution in [0.3, 0.4) is 0 Å². The van der Waals surface area contributed by atoms with E-state index < -0.39 is 0 Å². The Morgan fingerprint density at radius 3 is 2.81 bits per heavy atom. The molecule has 4 heteroatoms. The maximum absolute atomic E-state index is 11.7. The first kappa shape index (κ1) is 17.1. The minimum absolute atomic E-state index is 0.0915. The van der Waals surface area contributed by atoms with Crippen molar-refractivity contribution in [2.75, 3.05) is 12.3 Å². The molecule has 3 N–H and O–H groups in total. The van der Waals surface area contributed by atoms with Gasteiger partial charge >= 0.3 is 0 Å². The summed E-state index contributed by atoms with van der Waals surface area (Å²) in [5.41, 5.74) is 7.43. The number of nitrogens with two attached hydrogens (primary N) is 1. The fourth-order valence-corrected chi connectivity index (χ4v) is 1.69. The van der Waals surface area contributed by atoms with Crippen LogP contribution in [0.5, 0.6) is 5.75 Å². The molecule has 0 saturated carbocycles. The molecule has 1 amide bonds. The number of rotatable bonds is 8. The molecular weight excluding hydrogens is 264 g/mol. The second kappa shape index (κ2) is 9.06. The summed E-state index contributed by atoms with van der Waals surface area (Å²) >= 11 is 0. The van der Waals surface area contributed by atoms with E-state index in [1.165, 1.54) is 6.08 Å². The molecule has 0 heterocycles. The SMILES string of the molecule is CCCCOc1ccc(/C=C\C(=O)NC(C)CC)cc1N. The van der Waals surface area contributed by atoms with Crippen molar-refractivity contribution in [2.45, 2.75) is 46.1 Å². The molecule has 116 valence electrons. The fraction of sp³-hybridized carbons (Fsp3) is 0.471. The molecule has 0 aliphatic carbocycles. The lowest BCUT2D eigenvalue weighted by atomic mass is 10.1. The average molecular weight is 290 g/mol. The molecule has 1 aromatic rings. The van der Waals surface area contributed by atoms with Gasteiger partial charge in [0.1, 0.15) is 5.75 Å². The Kier molecular flexibility index (Phi) is 7.37. The molecule has 0 saturated heterocycles. The molecule has 1 atom stereocenters. The molecule has 0 fully saturated rings. The van der Waals surface area contributed by atoms with Crippen molar-refractivity contribution in [1.29, 1.82) is 0 Å². The number of unbranched alkanes of at least 4 members (excludes halogenated alkanes) is 1. The molecular formula is C17H26N2O2. The monoisotopic (exact) mass is 290 g/mol. The third-order valence-corrected chi connectivity index (χ3v) is 3.22. The zero-order chi connectivity index (χ0) is 15.7. The van der Waals surface area contributed by atoms with Crippen LogP contribution in [0.2, 0.25) is 0 Å². The highest BCUT2D eigenvalue weighted by atomic mass is 16.5. The number of anilines is 1. The zero-order valence-corrected chi connectivity index (χ0v) is 13.2. The summed E-state index contributed by atoms with van der Waals surface area (Å²) in [6.07, 6.45) is 6.29. The van der Waals surface area contributed by atoms with E-state index in [1.54, 1.807) is 6.08 Å². The van der Waals surface area contributed by atoms with Gasteiger partial charge in [-0.25, -0.2) is 0 Å². The topological polar surface area (TPSA) is 64.3 Å². The molecule has 0 bridgehead atoms. The lowest BCUT2D eigenvalue weighted by Gasteiger charge is -2.09. The number of nitrogen functional groups attached to an aromatic ring is 1. The van der Waals surface area contributed by atoms with Crippen molar-refractivity contribution in [1.82, 2.24) is 5.32 Å². The van der Waals surface area contributed by atoms with Gasteiger partial charge in [-0.1, -0.05) is 26.3 Å². The molecule has 4 nitrogen and oxygen atoms in total. The minimum atomic E-state index is -0.0915. The van der Waals surface area contributed by atoms with Crippen molar-refractivity contribution in [3.05, 3.63) is 29.8 Å².